The van der Waals surface area contributed by atoms with Crippen LogP contribution in [0.25, 0.3) is 0 Å². The van der Waals surface area contributed by atoms with Crippen molar-refractivity contribution in [3.05, 3.63) is 93.2 Å². The summed E-state index contributed by atoms with van der Waals surface area (Å²) in [5.41, 5.74) is 1.38. The first-order valence-corrected chi connectivity index (χ1v) is 16.7. The number of halogens is 1. The van der Waals surface area contributed by atoms with Gasteiger partial charge in [-0.2, -0.15) is 0 Å². The van der Waals surface area contributed by atoms with E-state index in [9.17, 15) is 14.4 Å². The van der Waals surface area contributed by atoms with Gasteiger partial charge in [0, 0.05) is 40.9 Å². The zero-order valence-corrected chi connectivity index (χ0v) is 26.3. The van der Waals surface area contributed by atoms with Gasteiger partial charge in [0.15, 0.2) is 5.69 Å². The van der Waals surface area contributed by atoms with Crippen LogP contribution in [0.1, 0.15) is 72.8 Å². The number of benzene rings is 2. The summed E-state index contributed by atoms with van der Waals surface area (Å²) in [4.78, 5) is 42.7. The Labute approximate surface area is 269 Å². The molecule has 5 aliphatic heterocycles. The number of carbonyl (C=O) groups excluding carboxylic acids is 2. The first kappa shape index (κ1) is 29.4. The van der Waals surface area contributed by atoms with Gasteiger partial charge >= 0.3 is 6.16 Å². The summed E-state index contributed by atoms with van der Waals surface area (Å²) in [5.74, 6) is -0.415. The molecule has 3 fully saturated rings. The van der Waals surface area contributed by atoms with Crippen LogP contribution in [0.5, 0.6) is 5.75 Å². The van der Waals surface area contributed by atoms with E-state index in [2.05, 4.69) is 5.01 Å². The topological polar surface area (TPSA) is 99.5 Å². The SMILES string of the molecule is CC(C)OC(=O)OCOc1c2n(ccc1=O)N(C1c3ccccc3SCc3cccc(F)c31)[C@@H]1[C@H]3C[C@@H]4CC[C@@]3(CCN1C2=O)O4. The Morgan fingerprint density at radius 2 is 1.98 bits per heavy atom. The minimum atomic E-state index is -0.954. The largest absolute Gasteiger partial charge is 0.511 e. The predicted octanol–water partition coefficient (Wildman–Crippen LogP) is 5.34. The average Bonchev–Trinajstić information content (AvgIpc) is 3.56. The van der Waals surface area contributed by atoms with E-state index in [-0.39, 0.29) is 40.8 Å². The lowest BCUT2D eigenvalue weighted by molar-refractivity contribution is -0.0758. The Morgan fingerprint density at radius 1 is 1.13 bits per heavy atom. The van der Waals surface area contributed by atoms with Crippen molar-refractivity contribution < 1.29 is 32.9 Å². The number of piperidine rings is 1. The fourth-order valence-electron chi connectivity index (χ4n) is 8.14. The van der Waals surface area contributed by atoms with Crippen LogP contribution in [0.3, 0.4) is 0 Å². The van der Waals surface area contributed by atoms with Crippen LogP contribution < -0.4 is 15.2 Å². The van der Waals surface area contributed by atoms with Gasteiger partial charge in [-0.25, -0.2) is 9.18 Å². The lowest BCUT2D eigenvalue weighted by atomic mass is 9.71. The highest BCUT2D eigenvalue weighted by atomic mass is 32.2. The third kappa shape index (κ3) is 4.51. The molecule has 1 amide bonds. The average molecular weight is 648 g/mol. The molecule has 6 heterocycles. The van der Waals surface area contributed by atoms with Crippen molar-refractivity contribution >= 4 is 23.8 Å². The van der Waals surface area contributed by atoms with Gasteiger partial charge in [0.05, 0.1) is 17.8 Å². The Hall–Kier alpha value is -4.03. The second kappa shape index (κ2) is 11.0. The number of pyridine rings is 1. The molecular formula is C34H34FN3O7S. The van der Waals surface area contributed by atoms with Gasteiger partial charge in [-0.15, -0.1) is 11.8 Å². The highest BCUT2D eigenvalue weighted by molar-refractivity contribution is 7.98. The molecule has 46 heavy (non-hydrogen) atoms. The molecule has 0 N–H and O–H groups in total. The summed E-state index contributed by atoms with van der Waals surface area (Å²) >= 11 is 1.65. The molecule has 5 aliphatic rings. The number of ether oxygens (including phenoxy) is 4. The molecule has 8 rings (SSSR count). The number of amides is 1. The fourth-order valence-corrected chi connectivity index (χ4v) is 9.22. The molecule has 2 bridgehead atoms. The molecule has 3 aromatic rings. The Bertz CT molecular complexity index is 1800. The number of hydrogen-bond donors (Lipinski definition) is 0. The quantitative estimate of drug-likeness (QED) is 0.268. The van der Waals surface area contributed by atoms with E-state index in [1.165, 1.54) is 12.1 Å². The number of thioether (sulfide) groups is 1. The maximum atomic E-state index is 16.2. The number of fused-ring (bicyclic) bond motifs is 6. The van der Waals surface area contributed by atoms with Crippen LogP contribution in [0.4, 0.5) is 9.18 Å². The van der Waals surface area contributed by atoms with Crippen molar-refractivity contribution in [1.29, 1.82) is 0 Å². The molecule has 0 radical (unpaired) electrons. The van der Waals surface area contributed by atoms with Crippen LogP contribution in [-0.2, 0) is 20.0 Å². The minimum Gasteiger partial charge on any atom is -0.451 e. The number of rotatable bonds is 5. The number of aromatic nitrogens is 1. The van der Waals surface area contributed by atoms with Crippen LogP contribution in [0.15, 0.2) is 64.4 Å². The number of hydrogen-bond acceptors (Lipinski definition) is 9. The Morgan fingerprint density at radius 3 is 2.80 bits per heavy atom. The van der Waals surface area contributed by atoms with Gasteiger partial charge in [0.25, 0.3) is 5.91 Å². The van der Waals surface area contributed by atoms with Gasteiger partial charge in [-0.3, -0.25) is 19.3 Å². The van der Waals surface area contributed by atoms with Gasteiger partial charge in [0.2, 0.25) is 18.0 Å². The van der Waals surface area contributed by atoms with Gasteiger partial charge in [0.1, 0.15) is 18.0 Å². The Kier molecular flexibility index (Phi) is 7.06. The van der Waals surface area contributed by atoms with Gasteiger partial charge < -0.3 is 23.8 Å². The monoisotopic (exact) mass is 647 g/mol. The highest BCUT2D eigenvalue weighted by Gasteiger charge is 2.63. The first-order chi connectivity index (χ1) is 22.3. The maximum absolute atomic E-state index is 16.2. The number of nitrogens with zero attached hydrogens (tertiary/aromatic N) is 3. The normalized spacial score (nSPS) is 27.3. The van der Waals surface area contributed by atoms with Crippen LogP contribution in [0, 0.1) is 11.7 Å². The van der Waals surface area contributed by atoms with E-state index in [1.807, 2.05) is 30.3 Å². The molecule has 3 saturated heterocycles. The van der Waals surface area contributed by atoms with Crippen LogP contribution >= 0.6 is 11.8 Å². The van der Waals surface area contributed by atoms with Crippen LogP contribution in [-0.4, -0.2) is 59.0 Å². The lowest BCUT2D eigenvalue weighted by Gasteiger charge is -2.57. The molecule has 12 heteroatoms. The fraction of sp³-hybridized carbons (Fsp3) is 0.441. The Balaban J connectivity index is 1.32. The molecule has 10 nitrogen and oxygen atoms in total. The third-order valence-electron chi connectivity index (χ3n) is 9.95. The molecule has 2 aromatic carbocycles. The van der Waals surface area contributed by atoms with Crippen molar-refractivity contribution in [3.63, 3.8) is 0 Å². The van der Waals surface area contributed by atoms with Crippen molar-refractivity contribution in [3.8, 4) is 5.75 Å². The molecular weight excluding hydrogens is 613 g/mol. The molecule has 0 saturated carbocycles. The van der Waals surface area contributed by atoms with E-state index in [0.717, 1.165) is 35.3 Å². The summed E-state index contributed by atoms with van der Waals surface area (Å²) in [6.07, 6.45) is 3.18. The standard InChI is InChI=1S/C34H34FN3O7S/c1-19(2)44-33(41)43-18-42-30-25(39)11-14-37-29(30)32(40)36-15-13-34-12-10-21(45-34)16-23(34)31(36)38(37)28-22-7-3-4-9-26(22)46-17-20-6-5-8-24(35)27(20)28/h3-9,11,14,19,21,23,28,31H,10,12-13,15-18H2,1-2H3/t21-,23+,28?,31+,34-/m0/s1. The highest BCUT2D eigenvalue weighted by Crippen LogP contribution is 2.57. The van der Waals surface area contributed by atoms with Crippen molar-refractivity contribution in [2.75, 3.05) is 18.3 Å². The lowest BCUT2D eigenvalue weighted by Crippen LogP contribution is -2.70. The zero-order valence-electron chi connectivity index (χ0n) is 25.5. The van der Waals surface area contributed by atoms with Crippen molar-refractivity contribution in [1.82, 2.24) is 9.58 Å². The first-order valence-electron chi connectivity index (χ1n) is 15.7. The van der Waals surface area contributed by atoms with Crippen molar-refractivity contribution in [2.45, 2.75) is 80.2 Å². The van der Waals surface area contributed by atoms with E-state index in [1.54, 1.807) is 47.4 Å². The second-order valence-corrected chi connectivity index (χ2v) is 13.8. The molecule has 240 valence electrons. The molecule has 1 aromatic heterocycles. The van der Waals surface area contributed by atoms with Crippen LogP contribution in [0.2, 0.25) is 0 Å². The van der Waals surface area contributed by atoms with Crippen molar-refractivity contribution in [2.24, 2.45) is 5.92 Å². The molecule has 1 spiro atoms. The van der Waals surface area contributed by atoms with E-state index >= 15 is 4.39 Å². The summed E-state index contributed by atoms with van der Waals surface area (Å²) in [6.45, 7) is 3.13. The van der Waals surface area contributed by atoms with Gasteiger partial charge in [-0.05, 0) is 62.8 Å². The predicted molar refractivity (Wildman–Crippen MR) is 166 cm³/mol. The summed E-state index contributed by atoms with van der Waals surface area (Å²) in [7, 11) is 0. The molecule has 1 unspecified atom stereocenters. The summed E-state index contributed by atoms with van der Waals surface area (Å²) in [6, 6.07) is 13.8. The number of carbonyl (C=O) groups is 2. The van der Waals surface area contributed by atoms with Gasteiger partial charge in [-0.1, -0.05) is 30.3 Å². The second-order valence-electron chi connectivity index (χ2n) is 12.8. The molecule has 5 atom stereocenters. The molecule has 0 aliphatic carbocycles. The minimum absolute atomic E-state index is 0.00290. The van der Waals surface area contributed by atoms with E-state index in [0.29, 0.717) is 24.3 Å². The van der Waals surface area contributed by atoms with E-state index < -0.39 is 36.7 Å². The summed E-state index contributed by atoms with van der Waals surface area (Å²) < 4.78 is 40.4. The summed E-state index contributed by atoms with van der Waals surface area (Å²) in [5, 5.41) is 2.07. The smallest absolute Gasteiger partial charge is 0.451 e. The zero-order chi connectivity index (χ0) is 31.7. The third-order valence-corrected chi connectivity index (χ3v) is 11.1. The maximum Gasteiger partial charge on any atom is 0.511 e. The van der Waals surface area contributed by atoms with E-state index in [4.69, 9.17) is 18.9 Å².